The number of rotatable bonds is 1. The van der Waals surface area contributed by atoms with Gasteiger partial charge in [-0.25, -0.2) is 0 Å². The first-order valence-electron chi connectivity index (χ1n) is 4.52. The van der Waals surface area contributed by atoms with E-state index in [-0.39, 0.29) is 0 Å². The summed E-state index contributed by atoms with van der Waals surface area (Å²) in [7, 11) is 0. The van der Waals surface area contributed by atoms with Crippen molar-refractivity contribution in [2.24, 2.45) is 0 Å². The van der Waals surface area contributed by atoms with Gasteiger partial charge in [-0.3, -0.25) is 0 Å². The predicted octanol–water partition coefficient (Wildman–Crippen LogP) is 4.05. The van der Waals surface area contributed by atoms with Crippen molar-refractivity contribution in [1.82, 2.24) is 0 Å². The molecule has 12 heavy (non-hydrogen) atoms. The van der Waals surface area contributed by atoms with E-state index in [0.29, 0.717) is 0 Å². The van der Waals surface area contributed by atoms with Gasteiger partial charge in [0.15, 0.2) is 0 Å². The first-order chi connectivity index (χ1) is 5.83. The van der Waals surface area contributed by atoms with Crippen LogP contribution in [-0.4, -0.2) is 0 Å². The van der Waals surface area contributed by atoms with E-state index < -0.39 is 0 Å². The van der Waals surface area contributed by atoms with Crippen molar-refractivity contribution in [1.29, 1.82) is 0 Å². The van der Waals surface area contributed by atoms with Crippen LogP contribution in [0.3, 0.4) is 0 Å². The lowest BCUT2D eigenvalue weighted by molar-refractivity contribution is 1.46. The van der Waals surface area contributed by atoms with Gasteiger partial charge in [0.2, 0.25) is 0 Å². The van der Waals surface area contributed by atoms with E-state index in [0.717, 1.165) is 0 Å². The highest BCUT2D eigenvalue weighted by atomic mass is 13.9. The van der Waals surface area contributed by atoms with Crippen molar-refractivity contribution >= 4 is 6.08 Å². The van der Waals surface area contributed by atoms with Gasteiger partial charge < -0.3 is 0 Å². The van der Waals surface area contributed by atoms with Crippen molar-refractivity contribution in [3.63, 3.8) is 0 Å². The molecule has 0 aliphatic heterocycles. The maximum Gasteiger partial charge on any atom is -0.0257 e. The van der Waals surface area contributed by atoms with Gasteiger partial charge in [-0.1, -0.05) is 55.8 Å². The molecule has 0 aliphatic carbocycles. The highest BCUT2D eigenvalue weighted by molar-refractivity contribution is 5.49. The topological polar surface area (TPSA) is 0 Å². The zero-order valence-corrected chi connectivity index (χ0v) is 8.46. The molecule has 1 aromatic carbocycles. The van der Waals surface area contributed by atoms with Crippen molar-refractivity contribution < 1.29 is 0 Å². The summed E-state index contributed by atoms with van der Waals surface area (Å²) in [6.07, 6.45) is 4.15. The molecule has 0 aromatic heterocycles. The highest BCUT2D eigenvalue weighted by Gasteiger charge is 1.84. The molecule has 1 aromatic rings. The standard InChI is InChI=1S/C10H12.C2H6/c1-3-5-10-7-4-6-9(2)8-10;1-2/h3-8H,1-2H3;1-2H3/b5-3+;. The van der Waals surface area contributed by atoms with Crippen LogP contribution >= 0.6 is 0 Å². The van der Waals surface area contributed by atoms with E-state index in [2.05, 4.69) is 43.3 Å². The van der Waals surface area contributed by atoms with Crippen LogP contribution in [-0.2, 0) is 0 Å². The summed E-state index contributed by atoms with van der Waals surface area (Å²) in [5.41, 5.74) is 2.60. The molecule has 0 amide bonds. The minimum absolute atomic E-state index is 1.28. The molecule has 66 valence electrons. The minimum atomic E-state index is 1.28. The number of benzene rings is 1. The van der Waals surface area contributed by atoms with Gasteiger partial charge in [-0.2, -0.15) is 0 Å². The van der Waals surface area contributed by atoms with Crippen LogP contribution in [0.5, 0.6) is 0 Å². The number of hydrogen-bond acceptors (Lipinski definition) is 0. The first-order valence-corrected chi connectivity index (χ1v) is 4.52. The molecule has 0 N–H and O–H groups in total. The summed E-state index contributed by atoms with van der Waals surface area (Å²) >= 11 is 0. The molecule has 0 saturated carbocycles. The van der Waals surface area contributed by atoms with E-state index >= 15 is 0 Å². The Morgan fingerprint density at radius 3 is 2.33 bits per heavy atom. The molecule has 0 heteroatoms. The van der Waals surface area contributed by atoms with Gasteiger partial charge in [0.05, 0.1) is 0 Å². The summed E-state index contributed by atoms with van der Waals surface area (Å²) in [5, 5.41) is 0. The predicted molar refractivity (Wildman–Crippen MR) is 57.2 cm³/mol. The zero-order chi connectivity index (χ0) is 9.40. The van der Waals surface area contributed by atoms with Crippen LogP contribution < -0.4 is 0 Å². The highest BCUT2D eigenvalue weighted by Crippen LogP contribution is 2.04. The van der Waals surface area contributed by atoms with Crippen LogP contribution in [0.25, 0.3) is 6.08 Å². The van der Waals surface area contributed by atoms with Gasteiger partial charge in [0.1, 0.15) is 0 Å². The SMILES string of the molecule is C/C=C/c1cccc(C)c1.CC. The summed E-state index contributed by atoms with van der Waals surface area (Å²) in [6, 6.07) is 8.45. The molecule has 0 saturated heterocycles. The van der Waals surface area contributed by atoms with Crippen molar-refractivity contribution in [3.8, 4) is 0 Å². The molecule has 0 unspecified atom stereocenters. The van der Waals surface area contributed by atoms with Crippen LogP contribution in [0.2, 0.25) is 0 Å². The second-order valence-corrected chi connectivity index (χ2v) is 2.41. The van der Waals surface area contributed by atoms with Crippen LogP contribution in [0.4, 0.5) is 0 Å². The third-order valence-electron chi connectivity index (χ3n) is 1.40. The Labute approximate surface area is 75.9 Å². The maximum atomic E-state index is 2.17. The summed E-state index contributed by atoms with van der Waals surface area (Å²) in [4.78, 5) is 0. The Morgan fingerprint density at radius 2 is 1.83 bits per heavy atom. The van der Waals surface area contributed by atoms with E-state index in [4.69, 9.17) is 0 Å². The smallest absolute Gasteiger partial charge is 0.0257 e. The van der Waals surface area contributed by atoms with E-state index in [1.54, 1.807) is 0 Å². The molecular weight excluding hydrogens is 144 g/mol. The molecule has 0 bridgehead atoms. The molecule has 0 atom stereocenters. The molecule has 0 nitrogen and oxygen atoms in total. The van der Waals surface area contributed by atoms with Crippen LogP contribution in [0, 0.1) is 6.92 Å². The molecule has 0 heterocycles. The van der Waals surface area contributed by atoms with Crippen LogP contribution in [0.1, 0.15) is 31.9 Å². The lowest BCUT2D eigenvalue weighted by Gasteiger charge is -1.93. The second-order valence-electron chi connectivity index (χ2n) is 2.41. The fourth-order valence-corrected chi connectivity index (χ4v) is 0.966. The summed E-state index contributed by atoms with van der Waals surface area (Å²) in [6.45, 7) is 8.13. The number of aryl methyl sites for hydroxylation is 1. The van der Waals surface area contributed by atoms with Gasteiger partial charge in [-0.15, -0.1) is 0 Å². The quantitative estimate of drug-likeness (QED) is 0.584. The Morgan fingerprint density at radius 1 is 1.17 bits per heavy atom. The van der Waals surface area contributed by atoms with Crippen molar-refractivity contribution in [2.75, 3.05) is 0 Å². The summed E-state index contributed by atoms with van der Waals surface area (Å²) < 4.78 is 0. The second kappa shape index (κ2) is 6.66. The molecule has 0 spiro atoms. The average molecular weight is 162 g/mol. The van der Waals surface area contributed by atoms with E-state index in [9.17, 15) is 0 Å². The molecule has 0 radical (unpaired) electrons. The van der Waals surface area contributed by atoms with Crippen molar-refractivity contribution in [3.05, 3.63) is 41.5 Å². The Kier molecular flexibility index (Phi) is 6.08. The fraction of sp³-hybridized carbons (Fsp3) is 0.333. The van der Waals surface area contributed by atoms with Gasteiger partial charge in [0.25, 0.3) is 0 Å². The number of hydrogen-bond donors (Lipinski definition) is 0. The largest absolute Gasteiger partial charge is 0.0871 e. The van der Waals surface area contributed by atoms with Crippen LogP contribution in [0.15, 0.2) is 30.3 Å². The summed E-state index contributed by atoms with van der Waals surface area (Å²) in [5.74, 6) is 0. The number of allylic oxidation sites excluding steroid dienone is 1. The fourth-order valence-electron chi connectivity index (χ4n) is 0.966. The van der Waals surface area contributed by atoms with E-state index in [1.165, 1.54) is 11.1 Å². The lowest BCUT2D eigenvalue weighted by Crippen LogP contribution is -1.72. The third kappa shape index (κ3) is 3.97. The van der Waals surface area contributed by atoms with Crippen molar-refractivity contribution in [2.45, 2.75) is 27.7 Å². The molecular formula is C12H18. The zero-order valence-electron chi connectivity index (χ0n) is 8.46. The Bertz CT molecular complexity index is 234. The van der Waals surface area contributed by atoms with Gasteiger partial charge in [0, 0.05) is 0 Å². The molecule has 0 aliphatic rings. The van der Waals surface area contributed by atoms with E-state index in [1.807, 2.05) is 20.8 Å². The molecule has 1 rings (SSSR count). The normalized spacial score (nSPS) is 9.33. The average Bonchev–Trinajstić information content (AvgIpc) is 2.09. The van der Waals surface area contributed by atoms with Gasteiger partial charge in [-0.05, 0) is 19.4 Å². The third-order valence-corrected chi connectivity index (χ3v) is 1.40. The Hall–Kier alpha value is -1.04. The Balaban J connectivity index is 0.000000561. The lowest BCUT2D eigenvalue weighted by atomic mass is 10.1. The molecule has 0 fully saturated rings. The first kappa shape index (κ1) is 11.0. The maximum absolute atomic E-state index is 2.17. The minimum Gasteiger partial charge on any atom is -0.0871 e. The van der Waals surface area contributed by atoms with Gasteiger partial charge >= 0.3 is 0 Å². The monoisotopic (exact) mass is 162 g/mol.